The molecule has 1 aliphatic heterocycles. The summed E-state index contributed by atoms with van der Waals surface area (Å²) in [5.74, 6) is -0.110. The number of aryl methyl sites for hydroxylation is 2. The highest BCUT2D eigenvalue weighted by atomic mass is 35.5. The molecule has 0 N–H and O–H groups in total. The molecule has 3 aromatic rings. The van der Waals surface area contributed by atoms with E-state index in [9.17, 15) is 22.8 Å². The molecule has 0 aliphatic carbocycles. The molecule has 1 amide bonds. The number of fused-ring (bicyclic) bond motifs is 1. The van der Waals surface area contributed by atoms with Gasteiger partial charge in [0, 0.05) is 41.2 Å². The number of ketones is 1. The molecule has 1 aromatic heterocycles. The van der Waals surface area contributed by atoms with Gasteiger partial charge in [0.05, 0.1) is 28.2 Å². The summed E-state index contributed by atoms with van der Waals surface area (Å²) in [6.07, 6.45) is -2.06. The number of nitrogens with zero attached hydrogens (tertiary/aromatic N) is 2. The van der Waals surface area contributed by atoms with Crippen LogP contribution in [-0.2, 0) is 17.5 Å². The lowest BCUT2D eigenvalue weighted by Gasteiger charge is -2.36. The molecule has 0 spiro atoms. The zero-order chi connectivity index (χ0) is 26.5. The minimum atomic E-state index is -4.44. The van der Waals surface area contributed by atoms with Gasteiger partial charge in [0.1, 0.15) is 5.78 Å². The summed E-state index contributed by atoms with van der Waals surface area (Å²) < 4.78 is 41.9. The van der Waals surface area contributed by atoms with Crippen LogP contribution in [0.5, 0.6) is 0 Å². The van der Waals surface area contributed by atoms with Gasteiger partial charge in [-0.15, -0.1) is 0 Å². The molecule has 0 unspecified atom stereocenters. The number of benzene rings is 2. The lowest BCUT2D eigenvalue weighted by atomic mass is 9.84. The van der Waals surface area contributed by atoms with Gasteiger partial charge < -0.3 is 9.47 Å². The molecule has 2 heterocycles. The van der Waals surface area contributed by atoms with E-state index in [1.54, 1.807) is 44.0 Å². The van der Waals surface area contributed by atoms with Crippen LogP contribution in [0.15, 0.2) is 30.5 Å². The van der Waals surface area contributed by atoms with Gasteiger partial charge in [0.15, 0.2) is 0 Å². The SMILES string of the molecule is CC(=O)[C@@H]1CCN(C(=O)c2ccc(Cl)c(Cn3cc(C)c4cc(C(F)(F)F)cc(C)c43)c2Cl)C[C@@H]1C. The van der Waals surface area contributed by atoms with Crippen LogP contribution in [0.3, 0.4) is 0 Å². The first-order chi connectivity index (χ1) is 16.8. The molecule has 2 atom stereocenters. The van der Waals surface area contributed by atoms with E-state index in [1.807, 2.05) is 11.5 Å². The Bertz CT molecular complexity index is 1360. The maximum Gasteiger partial charge on any atom is 0.416 e. The number of carbonyl (C=O) groups excluding carboxylic acids is 2. The number of hydrogen-bond acceptors (Lipinski definition) is 2. The van der Waals surface area contributed by atoms with Crippen LogP contribution in [0.1, 0.15) is 52.9 Å². The predicted octanol–water partition coefficient (Wildman–Crippen LogP) is 7.32. The number of halogens is 5. The molecular weight excluding hydrogens is 512 g/mol. The smallest absolute Gasteiger partial charge is 0.342 e. The molecule has 36 heavy (non-hydrogen) atoms. The maximum atomic E-state index is 13.4. The average molecular weight is 539 g/mol. The Labute approximate surface area is 218 Å². The second-order valence-corrected chi connectivity index (χ2v) is 10.5. The Morgan fingerprint density at radius 2 is 1.81 bits per heavy atom. The van der Waals surface area contributed by atoms with Crippen molar-refractivity contribution in [3.8, 4) is 0 Å². The van der Waals surface area contributed by atoms with E-state index in [2.05, 4.69) is 0 Å². The number of carbonyl (C=O) groups is 2. The van der Waals surface area contributed by atoms with Gasteiger partial charge >= 0.3 is 6.18 Å². The van der Waals surface area contributed by atoms with Crippen molar-refractivity contribution in [2.45, 2.75) is 46.8 Å². The minimum absolute atomic E-state index is 0.0459. The third-order valence-electron chi connectivity index (χ3n) is 7.15. The number of hydrogen-bond donors (Lipinski definition) is 0. The highest BCUT2D eigenvalue weighted by molar-refractivity contribution is 6.38. The third-order valence-corrected chi connectivity index (χ3v) is 7.93. The fraction of sp³-hybridized carbons (Fsp3) is 0.407. The van der Waals surface area contributed by atoms with Crippen molar-refractivity contribution in [1.82, 2.24) is 9.47 Å². The fourth-order valence-corrected chi connectivity index (χ4v) is 5.87. The van der Waals surface area contributed by atoms with E-state index in [-0.39, 0.29) is 35.1 Å². The van der Waals surface area contributed by atoms with Crippen molar-refractivity contribution in [3.05, 3.63) is 68.3 Å². The minimum Gasteiger partial charge on any atom is -0.342 e. The van der Waals surface area contributed by atoms with Crippen LogP contribution >= 0.6 is 23.2 Å². The first-order valence-electron chi connectivity index (χ1n) is 11.7. The Morgan fingerprint density at radius 3 is 2.42 bits per heavy atom. The van der Waals surface area contributed by atoms with Gasteiger partial charge in [0.2, 0.25) is 0 Å². The normalized spacial score (nSPS) is 18.6. The van der Waals surface area contributed by atoms with E-state index in [0.29, 0.717) is 57.7 Å². The molecule has 192 valence electrons. The Morgan fingerprint density at radius 1 is 1.11 bits per heavy atom. The molecule has 2 aromatic carbocycles. The van der Waals surface area contributed by atoms with Crippen molar-refractivity contribution in [1.29, 1.82) is 0 Å². The molecule has 0 radical (unpaired) electrons. The first-order valence-corrected chi connectivity index (χ1v) is 12.5. The molecule has 4 nitrogen and oxygen atoms in total. The number of likely N-dealkylation sites (tertiary alicyclic amines) is 1. The highest BCUT2D eigenvalue weighted by Gasteiger charge is 2.33. The Hall–Kier alpha value is -2.51. The van der Waals surface area contributed by atoms with Crippen molar-refractivity contribution in [3.63, 3.8) is 0 Å². The lowest BCUT2D eigenvalue weighted by molar-refractivity contribution is -0.137. The van der Waals surface area contributed by atoms with Crippen molar-refractivity contribution < 1.29 is 22.8 Å². The number of amides is 1. The van der Waals surface area contributed by atoms with Gasteiger partial charge in [-0.2, -0.15) is 13.2 Å². The molecule has 0 bridgehead atoms. The van der Waals surface area contributed by atoms with E-state index in [1.165, 1.54) is 0 Å². The molecule has 1 aliphatic rings. The van der Waals surface area contributed by atoms with Gasteiger partial charge in [-0.25, -0.2) is 0 Å². The molecule has 4 rings (SSSR count). The van der Waals surface area contributed by atoms with Gasteiger partial charge in [0.25, 0.3) is 5.91 Å². The fourth-order valence-electron chi connectivity index (χ4n) is 5.30. The molecule has 0 saturated carbocycles. The Balaban J connectivity index is 1.68. The summed E-state index contributed by atoms with van der Waals surface area (Å²) >= 11 is 13.2. The van der Waals surface area contributed by atoms with Gasteiger partial charge in [-0.3, -0.25) is 9.59 Å². The van der Waals surface area contributed by atoms with Crippen LogP contribution in [0, 0.1) is 25.7 Å². The van der Waals surface area contributed by atoms with Crippen LogP contribution in [-0.4, -0.2) is 34.2 Å². The summed E-state index contributed by atoms with van der Waals surface area (Å²) in [5, 5.41) is 1.09. The highest BCUT2D eigenvalue weighted by Crippen LogP contribution is 2.37. The number of rotatable bonds is 4. The number of aromatic nitrogens is 1. The van der Waals surface area contributed by atoms with E-state index in [0.717, 1.165) is 12.1 Å². The summed E-state index contributed by atoms with van der Waals surface area (Å²) in [5.41, 5.74) is 1.97. The second-order valence-electron chi connectivity index (χ2n) is 9.75. The predicted molar refractivity (Wildman–Crippen MR) is 136 cm³/mol. The summed E-state index contributed by atoms with van der Waals surface area (Å²) in [4.78, 5) is 26.9. The van der Waals surface area contributed by atoms with E-state index >= 15 is 0 Å². The van der Waals surface area contributed by atoms with Crippen molar-refractivity contribution >= 4 is 45.8 Å². The van der Waals surface area contributed by atoms with Crippen molar-refractivity contribution in [2.75, 3.05) is 13.1 Å². The first kappa shape index (κ1) is 26.6. The largest absolute Gasteiger partial charge is 0.416 e. The van der Waals surface area contributed by atoms with Gasteiger partial charge in [-0.1, -0.05) is 30.1 Å². The Kier molecular flexibility index (Phi) is 7.19. The molecular formula is C27H27Cl2F3N2O2. The summed E-state index contributed by atoms with van der Waals surface area (Å²) in [7, 11) is 0. The average Bonchev–Trinajstić information content (AvgIpc) is 3.11. The summed E-state index contributed by atoms with van der Waals surface area (Å²) in [6, 6.07) is 5.50. The molecule has 9 heteroatoms. The summed E-state index contributed by atoms with van der Waals surface area (Å²) in [6.45, 7) is 8.06. The second kappa shape index (κ2) is 9.75. The molecule has 1 fully saturated rings. The lowest BCUT2D eigenvalue weighted by Crippen LogP contribution is -2.44. The van der Waals surface area contributed by atoms with Crippen LogP contribution in [0.2, 0.25) is 10.0 Å². The van der Waals surface area contributed by atoms with Crippen LogP contribution < -0.4 is 0 Å². The quantitative estimate of drug-likeness (QED) is 0.349. The monoisotopic (exact) mass is 538 g/mol. The van der Waals surface area contributed by atoms with Gasteiger partial charge in [-0.05, 0) is 68.5 Å². The topological polar surface area (TPSA) is 42.3 Å². The van der Waals surface area contributed by atoms with Crippen molar-refractivity contribution in [2.24, 2.45) is 11.8 Å². The third kappa shape index (κ3) is 4.88. The number of alkyl halides is 3. The number of Topliss-reactive ketones (excluding diaryl/α,β-unsaturated/α-hetero) is 1. The maximum absolute atomic E-state index is 13.4. The molecule has 1 saturated heterocycles. The van der Waals surface area contributed by atoms with Crippen LogP contribution in [0.4, 0.5) is 13.2 Å². The zero-order valence-electron chi connectivity index (χ0n) is 20.5. The van der Waals surface area contributed by atoms with E-state index in [4.69, 9.17) is 23.2 Å². The van der Waals surface area contributed by atoms with E-state index < -0.39 is 11.7 Å². The zero-order valence-corrected chi connectivity index (χ0v) is 22.0. The number of piperidine rings is 1. The van der Waals surface area contributed by atoms with Crippen LogP contribution in [0.25, 0.3) is 10.9 Å². The standard InChI is InChI=1S/C27H27Cl2F3N2O2/c1-14-9-18(27(30,31)32)10-21-16(3)12-34(25(14)21)13-22-23(28)6-5-20(24(22)29)26(36)33-8-7-19(17(4)35)15(2)11-33/h5-6,9-10,12,15,19H,7-8,11,13H2,1-4H3/t15-,19+/m0/s1.